The number of anilines is 1. The lowest BCUT2D eigenvalue weighted by molar-refractivity contribution is -0.125. The number of carbonyl (C=O) groups is 1. The zero-order valence-corrected chi connectivity index (χ0v) is 10.1. The van der Waals surface area contributed by atoms with Gasteiger partial charge in [-0.25, -0.2) is 4.98 Å². The lowest BCUT2D eigenvalue weighted by atomic mass is 10.2. The Hall–Kier alpha value is -1.10. The van der Waals surface area contributed by atoms with Gasteiger partial charge < -0.3 is 9.64 Å². The van der Waals surface area contributed by atoms with Crippen molar-refractivity contribution in [3.8, 4) is 5.88 Å². The van der Waals surface area contributed by atoms with Crippen LogP contribution in [0, 0.1) is 0 Å². The van der Waals surface area contributed by atoms with Gasteiger partial charge in [0, 0.05) is 6.54 Å². The number of aromatic nitrogens is 1. The highest BCUT2D eigenvalue weighted by molar-refractivity contribution is 9.10. The molecule has 1 atom stereocenters. The molecule has 0 fully saturated rings. The molecule has 0 bridgehead atoms. The Labute approximate surface area is 96.4 Å². The summed E-state index contributed by atoms with van der Waals surface area (Å²) in [5.41, 5.74) is 0.740. The molecule has 15 heavy (non-hydrogen) atoms. The van der Waals surface area contributed by atoms with E-state index < -0.39 is 6.10 Å². The number of hydrogen-bond donors (Lipinski definition) is 0. The largest absolute Gasteiger partial charge is 0.463 e. The van der Waals surface area contributed by atoms with E-state index in [1.807, 2.05) is 13.0 Å². The van der Waals surface area contributed by atoms with Crippen molar-refractivity contribution in [2.75, 3.05) is 11.4 Å². The molecule has 1 aliphatic heterocycles. The van der Waals surface area contributed by atoms with Gasteiger partial charge in [0.05, 0.1) is 0 Å². The van der Waals surface area contributed by atoms with Gasteiger partial charge in [-0.05, 0) is 41.9 Å². The number of nitrogens with zero attached hydrogens (tertiary/aromatic N) is 2. The molecule has 0 aliphatic carbocycles. The molecule has 1 unspecified atom stereocenters. The van der Waals surface area contributed by atoms with Gasteiger partial charge in [-0.2, -0.15) is 0 Å². The summed E-state index contributed by atoms with van der Waals surface area (Å²) in [6, 6.07) is 3.63. The minimum Gasteiger partial charge on any atom is -0.463 e. The van der Waals surface area contributed by atoms with Gasteiger partial charge in [0.2, 0.25) is 5.88 Å². The van der Waals surface area contributed by atoms with Gasteiger partial charge in [-0.15, -0.1) is 0 Å². The van der Waals surface area contributed by atoms with E-state index in [9.17, 15) is 4.79 Å². The number of fused-ring (bicyclic) bond motifs is 1. The van der Waals surface area contributed by atoms with Crippen LogP contribution >= 0.6 is 15.9 Å². The maximum absolute atomic E-state index is 11.8. The van der Waals surface area contributed by atoms with Crippen LogP contribution in [0.15, 0.2) is 16.7 Å². The minimum atomic E-state index is -0.459. The molecule has 0 saturated carbocycles. The Morgan fingerprint density at radius 3 is 3.00 bits per heavy atom. The second-order valence-corrected chi connectivity index (χ2v) is 4.11. The van der Waals surface area contributed by atoms with Crippen LogP contribution < -0.4 is 9.64 Å². The maximum Gasteiger partial charge on any atom is 0.267 e. The van der Waals surface area contributed by atoms with E-state index in [0.29, 0.717) is 17.0 Å². The van der Waals surface area contributed by atoms with Crippen LogP contribution in [-0.2, 0) is 4.79 Å². The molecule has 1 aliphatic rings. The molecular weight excluding hydrogens is 260 g/mol. The van der Waals surface area contributed by atoms with Crippen molar-refractivity contribution in [1.82, 2.24) is 4.98 Å². The normalized spacial score (nSPS) is 19.8. The topological polar surface area (TPSA) is 42.4 Å². The highest BCUT2D eigenvalue weighted by Crippen LogP contribution is 2.33. The van der Waals surface area contributed by atoms with Gasteiger partial charge in [0.25, 0.3) is 5.91 Å². The first-order valence-electron chi connectivity index (χ1n) is 4.78. The fraction of sp³-hybridized carbons (Fsp3) is 0.400. The van der Waals surface area contributed by atoms with Crippen molar-refractivity contribution in [2.45, 2.75) is 20.0 Å². The lowest BCUT2D eigenvalue weighted by Crippen LogP contribution is -2.44. The van der Waals surface area contributed by atoms with E-state index in [-0.39, 0.29) is 5.91 Å². The van der Waals surface area contributed by atoms with Crippen molar-refractivity contribution < 1.29 is 9.53 Å². The second kappa shape index (κ2) is 3.81. The van der Waals surface area contributed by atoms with Crippen molar-refractivity contribution in [3.63, 3.8) is 0 Å². The molecule has 2 heterocycles. The second-order valence-electron chi connectivity index (χ2n) is 3.30. The van der Waals surface area contributed by atoms with E-state index in [1.165, 1.54) is 0 Å². The first-order valence-corrected chi connectivity index (χ1v) is 5.57. The first kappa shape index (κ1) is 10.4. The van der Waals surface area contributed by atoms with Crippen LogP contribution in [0.4, 0.5) is 5.69 Å². The number of pyridine rings is 1. The van der Waals surface area contributed by atoms with Crippen LogP contribution in [0.2, 0.25) is 0 Å². The number of rotatable bonds is 1. The third-order valence-electron chi connectivity index (χ3n) is 2.32. The Morgan fingerprint density at radius 2 is 2.33 bits per heavy atom. The summed E-state index contributed by atoms with van der Waals surface area (Å²) >= 11 is 3.27. The van der Waals surface area contributed by atoms with E-state index >= 15 is 0 Å². The zero-order chi connectivity index (χ0) is 11.0. The number of carbonyl (C=O) groups excluding carboxylic acids is 1. The van der Waals surface area contributed by atoms with Crippen molar-refractivity contribution in [3.05, 3.63) is 16.7 Å². The van der Waals surface area contributed by atoms with E-state index in [2.05, 4.69) is 20.9 Å². The fourth-order valence-electron chi connectivity index (χ4n) is 1.58. The molecule has 0 spiro atoms. The third kappa shape index (κ3) is 1.71. The summed E-state index contributed by atoms with van der Waals surface area (Å²) < 4.78 is 6.13. The number of amides is 1. The quantitative estimate of drug-likeness (QED) is 0.733. The van der Waals surface area contributed by atoms with Crippen LogP contribution in [0.1, 0.15) is 13.8 Å². The number of likely N-dealkylation sites (N-methyl/N-ethyl adjacent to an activating group) is 1. The lowest BCUT2D eigenvalue weighted by Gasteiger charge is -2.31. The molecule has 1 aromatic rings. The molecule has 0 radical (unpaired) electrons. The molecule has 1 amide bonds. The average Bonchev–Trinajstić information content (AvgIpc) is 2.20. The number of ether oxygens (including phenoxy) is 1. The number of halogens is 1. The number of hydrogen-bond acceptors (Lipinski definition) is 3. The van der Waals surface area contributed by atoms with Crippen molar-refractivity contribution >= 4 is 27.5 Å². The maximum atomic E-state index is 11.8. The molecule has 80 valence electrons. The van der Waals surface area contributed by atoms with Gasteiger partial charge in [-0.1, -0.05) is 0 Å². The van der Waals surface area contributed by atoms with Crippen LogP contribution in [0.5, 0.6) is 5.88 Å². The SMILES string of the molecule is CCN1C(=O)C(C)Oc2nc(Br)ccc21. The summed E-state index contributed by atoms with van der Waals surface area (Å²) in [6.45, 7) is 4.29. The standard InChI is InChI=1S/C10H11BrN2O2/c1-3-13-7-4-5-8(11)12-9(7)15-6(2)10(13)14/h4-6H,3H2,1-2H3. The monoisotopic (exact) mass is 270 g/mol. The average molecular weight is 271 g/mol. The third-order valence-corrected chi connectivity index (χ3v) is 2.76. The van der Waals surface area contributed by atoms with Gasteiger partial charge in [-0.3, -0.25) is 4.79 Å². The van der Waals surface area contributed by atoms with E-state index in [0.717, 1.165) is 5.69 Å². The predicted octanol–water partition coefficient (Wildman–Crippen LogP) is 1.98. The Bertz CT molecular complexity index is 408. The van der Waals surface area contributed by atoms with Crippen LogP contribution in [-0.4, -0.2) is 23.5 Å². The Morgan fingerprint density at radius 1 is 1.60 bits per heavy atom. The minimum absolute atomic E-state index is 0.0193. The predicted molar refractivity (Wildman–Crippen MR) is 60.1 cm³/mol. The molecule has 2 rings (SSSR count). The molecule has 4 nitrogen and oxygen atoms in total. The zero-order valence-electron chi connectivity index (χ0n) is 8.53. The summed E-state index contributed by atoms with van der Waals surface area (Å²) in [5.74, 6) is 0.493. The van der Waals surface area contributed by atoms with Crippen LogP contribution in [0.25, 0.3) is 0 Å². The van der Waals surface area contributed by atoms with Gasteiger partial charge >= 0.3 is 0 Å². The van der Waals surface area contributed by atoms with Gasteiger partial charge in [0.1, 0.15) is 10.3 Å². The van der Waals surface area contributed by atoms with E-state index in [4.69, 9.17) is 4.74 Å². The summed E-state index contributed by atoms with van der Waals surface area (Å²) in [6.07, 6.45) is -0.459. The fourth-order valence-corrected chi connectivity index (χ4v) is 1.88. The molecule has 0 N–H and O–H groups in total. The molecule has 0 saturated heterocycles. The summed E-state index contributed by atoms with van der Waals surface area (Å²) in [5, 5.41) is 0. The Kier molecular flexibility index (Phi) is 2.65. The van der Waals surface area contributed by atoms with Crippen molar-refractivity contribution in [2.24, 2.45) is 0 Å². The summed E-state index contributed by atoms with van der Waals surface area (Å²) in [4.78, 5) is 17.6. The van der Waals surface area contributed by atoms with E-state index in [1.54, 1.807) is 17.9 Å². The van der Waals surface area contributed by atoms with Crippen LogP contribution in [0.3, 0.4) is 0 Å². The first-order chi connectivity index (χ1) is 7.13. The highest BCUT2D eigenvalue weighted by atomic mass is 79.9. The molecule has 0 aromatic carbocycles. The highest BCUT2D eigenvalue weighted by Gasteiger charge is 2.31. The Balaban J connectivity index is 2.49. The molecular formula is C10H11BrN2O2. The van der Waals surface area contributed by atoms with Crippen molar-refractivity contribution in [1.29, 1.82) is 0 Å². The molecule has 1 aromatic heterocycles. The smallest absolute Gasteiger partial charge is 0.267 e. The molecule has 5 heteroatoms. The summed E-state index contributed by atoms with van der Waals surface area (Å²) in [7, 11) is 0. The van der Waals surface area contributed by atoms with Gasteiger partial charge in [0.15, 0.2) is 6.10 Å².